The molecule has 3 nitrogen and oxygen atoms in total. The molecule has 118 valence electrons. The second-order valence-corrected chi connectivity index (χ2v) is 8.13. The van der Waals surface area contributed by atoms with Crippen LogP contribution in [0.2, 0.25) is 0 Å². The van der Waals surface area contributed by atoms with Gasteiger partial charge in [-0.15, -0.1) is 0 Å². The van der Waals surface area contributed by atoms with Crippen molar-refractivity contribution in [1.82, 2.24) is 5.32 Å². The molecule has 0 radical (unpaired) electrons. The van der Waals surface area contributed by atoms with Crippen molar-refractivity contribution in [2.45, 2.75) is 51.8 Å². The molecule has 2 rings (SSSR count). The minimum absolute atomic E-state index is 0.107. The lowest BCUT2D eigenvalue weighted by molar-refractivity contribution is 0.0249. The summed E-state index contributed by atoms with van der Waals surface area (Å²) in [6.07, 6.45) is 2.14. The number of benzene rings is 1. The van der Waals surface area contributed by atoms with Gasteiger partial charge in [-0.1, -0.05) is 0 Å². The first kappa shape index (κ1) is 17.3. The summed E-state index contributed by atoms with van der Waals surface area (Å²) in [5.41, 5.74) is 1.33. The van der Waals surface area contributed by atoms with Crippen LogP contribution in [0.25, 0.3) is 0 Å². The highest BCUT2D eigenvalue weighted by Gasteiger charge is 2.19. The fourth-order valence-electron chi connectivity index (χ4n) is 2.15. The molecule has 1 heterocycles. The van der Waals surface area contributed by atoms with E-state index in [0.29, 0.717) is 0 Å². The quantitative estimate of drug-likeness (QED) is 0.768. The van der Waals surface area contributed by atoms with Gasteiger partial charge in [-0.2, -0.15) is 0 Å². The van der Waals surface area contributed by atoms with Crippen LogP contribution >= 0.6 is 31.9 Å². The molecule has 1 saturated heterocycles. The van der Waals surface area contributed by atoms with Gasteiger partial charge in [0, 0.05) is 24.9 Å². The van der Waals surface area contributed by atoms with Crippen molar-refractivity contribution in [1.29, 1.82) is 0 Å². The van der Waals surface area contributed by atoms with E-state index in [0.717, 1.165) is 47.3 Å². The minimum Gasteiger partial charge on any atom is -0.488 e. The second-order valence-electron chi connectivity index (χ2n) is 6.42. The number of hydrogen-bond acceptors (Lipinski definition) is 3. The van der Waals surface area contributed by atoms with Gasteiger partial charge in [-0.3, -0.25) is 0 Å². The summed E-state index contributed by atoms with van der Waals surface area (Å²) in [4.78, 5) is 0. The molecule has 1 aliphatic rings. The van der Waals surface area contributed by atoms with Crippen molar-refractivity contribution in [2.24, 2.45) is 0 Å². The number of ether oxygens (including phenoxy) is 2. The predicted molar refractivity (Wildman–Crippen MR) is 92.9 cm³/mol. The molecular formula is C16H23Br2NO2. The van der Waals surface area contributed by atoms with Crippen LogP contribution in [0.4, 0.5) is 0 Å². The Morgan fingerprint density at radius 1 is 1.19 bits per heavy atom. The van der Waals surface area contributed by atoms with Crippen molar-refractivity contribution in [3.8, 4) is 5.75 Å². The Morgan fingerprint density at radius 2 is 1.76 bits per heavy atom. The van der Waals surface area contributed by atoms with Gasteiger partial charge in [-0.05, 0) is 70.3 Å². The van der Waals surface area contributed by atoms with Gasteiger partial charge >= 0.3 is 0 Å². The van der Waals surface area contributed by atoms with E-state index >= 15 is 0 Å². The van der Waals surface area contributed by atoms with Crippen molar-refractivity contribution in [3.63, 3.8) is 0 Å². The molecule has 5 heteroatoms. The first-order valence-electron chi connectivity index (χ1n) is 7.32. The highest BCUT2D eigenvalue weighted by Crippen LogP contribution is 2.36. The summed E-state index contributed by atoms with van der Waals surface area (Å²) in [6.45, 7) is 8.90. The fourth-order valence-corrected chi connectivity index (χ4v) is 3.62. The summed E-state index contributed by atoms with van der Waals surface area (Å²) in [7, 11) is 0. The lowest BCUT2D eigenvalue weighted by Gasteiger charge is -2.25. The second kappa shape index (κ2) is 7.44. The molecule has 1 aromatic carbocycles. The molecule has 21 heavy (non-hydrogen) atoms. The minimum atomic E-state index is 0.107. The van der Waals surface area contributed by atoms with Gasteiger partial charge in [0.2, 0.25) is 0 Å². The largest absolute Gasteiger partial charge is 0.488 e. The van der Waals surface area contributed by atoms with E-state index in [4.69, 9.17) is 9.47 Å². The average Bonchev–Trinajstić information content (AvgIpc) is 2.41. The summed E-state index contributed by atoms with van der Waals surface area (Å²) in [5, 5.41) is 3.49. The van der Waals surface area contributed by atoms with Gasteiger partial charge in [0.15, 0.2) is 0 Å². The third-order valence-electron chi connectivity index (χ3n) is 3.33. The van der Waals surface area contributed by atoms with Crippen molar-refractivity contribution in [3.05, 3.63) is 26.6 Å². The van der Waals surface area contributed by atoms with E-state index in [1.807, 2.05) is 0 Å². The Bertz CT molecular complexity index is 457. The summed E-state index contributed by atoms with van der Waals surface area (Å²) >= 11 is 7.26. The molecule has 1 aromatic rings. The molecule has 0 amide bonds. The number of halogens is 2. The van der Waals surface area contributed by atoms with Gasteiger partial charge in [0.05, 0.1) is 22.2 Å². The molecule has 1 N–H and O–H groups in total. The molecule has 0 aliphatic carbocycles. The molecule has 0 bridgehead atoms. The average molecular weight is 421 g/mol. The van der Waals surface area contributed by atoms with Crippen LogP contribution in [0.5, 0.6) is 5.75 Å². The first-order valence-corrected chi connectivity index (χ1v) is 8.91. The Kier molecular flexibility index (Phi) is 6.12. The monoisotopic (exact) mass is 419 g/mol. The zero-order chi connectivity index (χ0) is 15.5. The Hall–Kier alpha value is -0.100. The molecule has 0 atom stereocenters. The lowest BCUT2D eigenvalue weighted by atomic mass is 10.1. The van der Waals surface area contributed by atoms with Gasteiger partial charge < -0.3 is 14.8 Å². The highest BCUT2D eigenvalue weighted by molar-refractivity contribution is 9.11. The van der Waals surface area contributed by atoms with Crippen LogP contribution in [0, 0.1) is 0 Å². The van der Waals surface area contributed by atoms with E-state index in [2.05, 4.69) is 70.1 Å². The van der Waals surface area contributed by atoms with Crippen LogP contribution in [0.15, 0.2) is 21.1 Å². The van der Waals surface area contributed by atoms with Crippen LogP contribution in [0.3, 0.4) is 0 Å². The van der Waals surface area contributed by atoms with E-state index in [1.165, 1.54) is 5.56 Å². The fraction of sp³-hybridized carbons (Fsp3) is 0.625. The van der Waals surface area contributed by atoms with Crippen LogP contribution < -0.4 is 10.1 Å². The molecule has 1 fully saturated rings. The molecule has 0 spiro atoms. The summed E-state index contributed by atoms with van der Waals surface area (Å²) in [6, 6.07) is 4.25. The summed E-state index contributed by atoms with van der Waals surface area (Å²) in [5.74, 6) is 0.890. The molecule has 1 aliphatic heterocycles. The van der Waals surface area contributed by atoms with Gasteiger partial charge in [0.1, 0.15) is 11.9 Å². The molecule has 0 saturated carbocycles. The third kappa shape index (κ3) is 5.55. The molecular weight excluding hydrogens is 398 g/mol. The normalized spacial score (nSPS) is 17.0. The van der Waals surface area contributed by atoms with E-state index < -0.39 is 0 Å². The Morgan fingerprint density at radius 3 is 2.29 bits per heavy atom. The maximum absolute atomic E-state index is 6.12. The Labute approximate surface area is 144 Å². The van der Waals surface area contributed by atoms with Crippen LogP contribution in [0.1, 0.15) is 39.2 Å². The maximum Gasteiger partial charge on any atom is 0.148 e. The standard InChI is InChI=1S/C16H23Br2NO2/c1-16(2,3)19-10-11-8-13(17)15(14(18)9-11)21-12-4-6-20-7-5-12/h8-9,12,19H,4-7,10H2,1-3H3. The van der Waals surface area contributed by atoms with Gasteiger partial charge in [-0.25, -0.2) is 0 Å². The first-order chi connectivity index (χ1) is 9.85. The van der Waals surface area contributed by atoms with Crippen molar-refractivity contribution in [2.75, 3.05) is 13.2 Å². The maximum atomic E-state index is 6.12. The molecule has 0 aromatic heterocycles. The lowest BCUT2D eigenvalue weighted by Crippen LogP contribution is -2.35. The zero-order valence-corrected chi connectivity index (χ0v) is 16.0. The van der Waals surface area contributed by atoms with Crippen molar-refractivity contribution >= 4 is 31.9 Å². The number of nitrogens with one attached hydrogen (secondary N) is 1. The van der Waals surface area contributed by atoms with Gasteiger partial charge in [0.25, 0.3) is 0 Å². The smallest absolute Gasteiger partial charge is 0.148 e. The SMILES string of the molecule is CC(C)(C)NCc1cc(Br)c(OC2CCOCC2)c(Br)c1. The van der Waals surface area contributed by atoms with E-state index in [1.54, 1.807) is 0 Å². The topological polar surface area (TPSA) is 30.5 Å². The van der Waals surface area contributed by atoms with E-state index in [-0.39, 0.29) is 11.6 Å². The number of rotatable bonds is 4. The van der Waals surface area contributed by atoms with E-state index in [9.17, 15) is 0 Å². The zero-order valence-electron chi connectivity index (χ0n) is 12.8. The highest BCUT2D eigenvalue weighted by atomic mass is 79.9. The third-order valence-corrected chi connectivity index (χ3v) is 4.51. The molecule has 0 unspecified atom stereocenters. The Balaban J connectivity index is 2.05. The van der Waals surface area contributed by atoms with Crippen LogP contribution in [-0.2, 0) is 11.3 Å². The number of hydrogen-bond donors (Lipinski definition) is 1. The van der Waals surface area contributed by atoms with Crippen LogP contribution in [-0.4, -0.2) is 24.9 Å². The predicted octanol–water partition coefficient (Wildman–Crippen LogP) is 4.66. The summed E-state index contributed by atoms with van der Waals surface area (Å²) < 4.78 is 13.5. The van der Waals surface area contributed by atoms with Crippen molar-refractivity contribution < 1.29 is 9.47 Å².